The lowest BCUT2D eigenvalue weighted by Gasteiger charge is -2.27. The number of hydrogen-bond donors (Lipinski definition) is 4. The molecule has 230 valence electrons. The number of ether oxygens (including phenoxy) is 1. The topological polar surface area (TPSA) is 120 Å². The molecule has 3 rings (SSSR count). The number of nitrogens with zero attached hydrogens (tertiary/aromatic N) is 1. The number of carbonyl (C=O) groups is 3. The van der Waals surface area contributed by atoms with Crippen molar-refractivity contribution in [2.75, 3.05) is 26.7 Å². The van der Waals surface area contributed by atoms with Crippen molar-refractivity contribution in [3.05, 3.63) is 71.5 Å². The van der Waals surface area contributed by atoms with Crippen molar-refractivity contribution in [1.29, 1.82) is 0 Å². The number of benzene rings is 1. The third kappa shape index (κ3) is 10.0. The predicted molar refractivity (Wildman–Crippen MR) is 160 cm³/mol. The molecule has 0 saturated heterocycles. The van der Waals surface area contributed by atoms with Crippen LogP contribution in [0.25, 0.3) is 0 Å². The third-order valence-electron chi connectivity index (χ3n) is 7.56. The first kappa shape index (κ1) is 32.8. The summed E-state index contributed by atoms with van der Waals surface area (Å²) in [6.45, 7) is 8.05. The number of carbonyl (C=O) groups excluding carboxylic acids is 3. The summed E-state index contributed by atoms with van der Waals surface area (Å²) in [4.78, 5) is 40.9. The van der Waals surface area contributed by atoms with Crippen molar-refractivity contribution >= 4 is 17.7 Å². The van der Waals surface area contributed by atoms with Gasteiger partial charge in [-0.2, -0.15) is 0 Å². The van der Waals surface area contributed by atoms with Gasteiger partial charge < -0.3 is 30.7 Å². The molecule has 4 N–H and O–H groups in total. The van der Waals surface area contributed by atoms with E-state index in [0.717, 1.165) is 24.0 Å². The van der Waals surface area contributed by atoms with Crippen LogP contribution in [0, 0.1) is 11.7 Å². The normalized spacial score (nSPS) is 26.3. The van der Waals surface area contributed by atoms with E-state index in [9.17, 15) is 23.9 Å². The second-order valence-corrected chi connectivity index (χ2v) is 11.1. The van der Waals surface area contributed by atoms with Crippen LogP contribution in [0.2, 0.25) is 0 Å². The molecule has 9 nitrogen and oxygen atoms in total. The Kier molecular flexibility index (Phi) is 12.6. The van der Waals surface area contributed by atoms with Crippen molar-refractivity contribution < 1.29 is 28.6 Å². The van der Waals surface area contributed by atoms with Crippen LogP contribution in [0.5, 0.6) is 0 Å². The minimum atomic E-state index is -0.818. The zero-order valence-corrected chi connectivity index (χ0v) is 25.0. The number of allylic oxidation sites excluding steroid dienone is 3. The molecule has 10 heteroatoms. The first-order chi connectivity index (χ1) is 20.1. The van der Waals surface area contributed by atoms with Crippen LogP contribution >= 0.6 is 0 Å². The first-order valence-electron chi connectivity index (χ1n) is 14.8. The highest BCUT2D eigenvalue weighted by atomic mass is 19.1. The minimum absolute atomic E-state index is 0.0130. The molecule has 3 amide bonds. The molecule has 1 heterocycles. The molecule has 1 unspecified atom stereocenters. The summed E-state index contributed by atoms with van der Waals surface area (Å²) in [5.74, 6) is -0.763. The average Bonchev–Trinajstić information content (AvgIpc) is 3.81. The van der Waals surface area contributed by atoms with Crippen LogP contribution in [-0.4, -0.2) is 72.6 Å². The van der Waals surface area contributed by atoms with E-state index in [0.29, 0.717) is 51.0 Å². The first-order valence-corrected chi connectivity index (χ1v) is 14.8. The number of hydrogen-bond acceptors (Lipinski definition) is 6. The van der Waals surface area contributed by atoms with Crippen molar-refractivity contribution in [3.63, 3.8) is 0 Å². The number of rotatable bonds is 6. The highest BCUT2D eigenvalue weighted by Crippen LogP contribution is 2.33. The Morgan fingerprint density at radius 2 is 1.90 bits per heavy atom. The van der Waals surface area contributed by atoms with Gasteiger partial charge >= 0.3 is 0 Å². The van der Waals surface area contributed by atoms with Crippen LogP contribution in [0.4, 0.5) is 4.39 Å². The lowest BCUT2D eigenvalue weighted by molar-refractivity contribution is -0.137. The maximum absolute atomic E-state index is 13.4. The van der Waals surface area contributed by atoms with Crippen LogP contribution < -0.4 is 16.0 Å². The van der Waals surface area contributed by atoms with Gasteiger partial charge in [0.1, 0.15) is 18.0 Å². The van der Waals surface area contributed by atoms with Crippen molar-refractivity contribution in [2.45, 2.75) is 77.0 Å². The van der Waals surface area contributed by atoms with Gasteiger partial charge in [0.2, 0.25) is 17.7 Å². The fourth-order valence-electron chi connectivity index (χ4n) is 4.94. The average molecular weight is 585 g/mol. The summed E-state index contributed by atoms with van der Waals surface area (Å²) in [5.41, 5.74) is 1.60. The van der Waals surface area contributed by atoms with E-state index in [-0.39, 0.29) is 42.0 Å². The molecule has 1 aliphatic carbocycles. The number of amides is 3. The van der Waals surface area contributed by atoms with Crippen molar-refractivity contribution in [2.24, 2.45) is 5.92 Å². The molecule has 3 atom stereocenters. The summed E-state index contributed by atoms with van der Waals surface area (Å²) in [7, 11) is 1.58. The van der Waals surface area contributed by atoms with Gasteiger partial charge in [-0.25, -0.2) is 4.39 Å². The molecule has 2 aliphatic rings. The number of aliphatic hydroxyl groups excluding tert-OH is 1. The van der Waals surface area contributed by atoms with E-state index in [1.807, 2.05) is 6.92 Å². The molecule has 0 bridgehead atoms. The fourth-order valence-corrected chi connectivity index (χ4v) is 4.94. The summed E-state index contributed by atoms with van der Waals surface area (Å²) >= 11 is 0. The van der Waals surface area contributed by atoms with E-state index in [1.54, 1.807) is 38.3 Å². The Labute approximate surface area is 248 Å². The van der Waals surface area contributed by atoms with Gasteiger partial charge in [-0.15, -0.1) is 0 Å². The van der Waals surface area contributed by atoms with E-state index in [4.69, 9.17) is 4.74 Å². The molecule has 1 aliphatic heterocycles. The summed E-state index contributed by atoms with van der Waals surface area (Å²) < 4.78 is 19.5. The summed E-state index contributed by atoms with van der Waals surface area (Å²) in [6, 6.07) is 4.75. The second-order valence-electron chi connectivity index (χ2n) is 11.1. The quantitative estimate of drug-likeness (QED) is 0.379. The summed E-state index contributed by atoms with van der Waals surface area (Å²) in [6.07, 6.45) is 7.41. The molecule has 42 heavy (non-hydrogen) atoms. The minimum Gasteiger partial charge on any atom is -0.504 e. The predicted octanol–water partition coefficient (Wildman–Crippen LogP) is 3.68. The van der Waals surface area contributed by atoms with E-state index < -0.39 is 18.0 Å². The van der Waals surface area contributed by atoms with Crippen LogP contribution in [-0.2, 0) is 25.5 Å². The third-order valence-corrected chi connectivity index (χ3v) is 7.56. The highest BCUT2D eigenvalue weighted by molar-refractivity contribution is 5.91. The zero-order valence-electron chi connectivity index (χ0n) is 25.0. The molecule has 0 radical (unpaired) electrons. The standard InChI is InChI=1S/C32H45FN4O5/c1-5-23-9-7-8-18-34-31(40)26(17-12-22-10-15-25(33)16-11-22)36-28(39)20-37(4)32(41)29(24-13-14-24)35-19-21(3)42-30(23)27(38)6-2/h5-6,10-11,15-16,21,24,26,29,35,38H,1,7-9,12-14,17-20H2,2-4H3,(H,34,40)(H,36,39)/b27-6+,30-23-/t21-,26-,29?/m1/s1. The van der Waals surface area contributed by atoms with Gasteiger partial charge in [0.05, 0.1) is 12.6 Å². The summed E-state index contributed by atoms with van der Waals surface area (Å²) in [5, 5.41) is 19.6. The second kappa shape index (κ2) is 16.1. The molecule has 1 aromatic carbocycles. The van der Waals surface area contributed by atoms with Crippen LogP contribution in [0.3, 0.4) is 0 Å². The lowest BCUT2D eigenvalue weighted by Crippen LogP contribution is -2.53. The van der Waals surface area contributed by atoms with E-state index in [2.05, 4.69) is 22.5 Å². The molecule has 1 fully saturated rings. The number of halogens is 1. The maximum atomic E-state index is 13.4. The maximum Gasteiger partial charge on any atom is 0.242 e. The van der Waals surface area contributed by atoms with Gasteiger partial charge in [-0.05, 0) is 94.1 Å². The Morgan fingerprint density at radius 3 is 2.55 bits per heavy atom. The zero-order chi connectivity index (χ0) is 30.6. The molecular formula is C32H45FN4O5. The molecule has 0 aromatic heterocycles. The van der Waals surface area contributed by atoms with Crippen molar-refractivity contribution in [3.8, 4) is 0 Å². The van der Waals surface area contributed by atoms with Crippen molar-refractivity contribution in [1.82, 2.24) is 20.9 Å². The molecule has 1 saturated carbocycles. The number of aliphatic hydroxyl groups is 1. The monoisotopic (exact) mass is 584 g/mol. The lowest BCUT2D eigenvalue weighted by atomic mass is 10.0. The number of aryl methyl sites for hydroxylation is 1. The Morgan fingerprint density at radius 1 is 1.19 bits per heavy atom. The van der Waals surface area contributed by atoms with Crippen LogP contribution in [0.15, 0.2) is 60.1 Å². The van der Waals surface area contributed by atoms with Gasteiger partial charge in [0.15, 0.2) is 11.5 Å². The van der Waals surface area contributed by atoms with Gasteiger partial charge in [-0.1, -0.05) is 24.8 Å². The Hall–Kier alpha value is -3.66. The Balaban J connectivity index is 1.80. The Bertz CT molecular complexity index is 1160. The molecule has 0 spiro atoms. The fraction of sp³-hybridized carbons (Fsp3) is 0.531. The number of likely N-dealkylation sites (N-methyl/N-ethyl adjacent to an activating group) is 1. The van der Waals surface area contributed by atoms with E-state index in [1.165, 1.54) is 17.0 Å². The smallest absolute Gasteiger partial charge is 0.242 e. The molecule has 1 aromatic rings. The number of nitrogens with one attached hydrogen (secondary N) is 3. The van der Waals surface area contributed by atoms with Gasteiger partial charge in [-0.3, -0.25) is 14.4 Å². The highest BCUT2D eigenvalue weighted by Gasteiger charge is 2.38. The van der Waals surface area contributed by atoms with E-state index >= 15 is 0 Å². The molecular weight excluding hydrogens is 539 g/mol. The van der Waals surface area contributed by atoms with Crippen LogP contribution in [0.1, 0.15) is 57.9 Å². The van der Waals surface area contributed by atoms with Gasteiger partial charge in [0.25, 0.3) is 0 Å². The SMILES string of the molecule is C=C/C1=C(\C(O)=C/C)O[C@H](C)CNC(C2CC2)C(=O)N(C)CC(=O)N[C@H](CCc2ccc(F)cc2)C(=O)NCCCC1. The largest absolute Gasteiger partial charge is 0.504 e. The van der Waals surface area contributed by atoms with Gasteiger partial charge in [0, 0.05) is 20.1 Å².